The summed E-state index contributed by atoms with van der Waals surface area (Å²) < 4.78 is 0. The molecule has 0 fully saturated rings. The minimum absolute atomic E-state index is 0.0903. The highest BCUT2D eigenvalue weighted by Crippen LogP contribution is 1.82. The number of rotatable bonds is 4. The molecule has 0 saturated heterocycles. The van der Waals surface area contributed by atoms with E-state index in [2.05, 4.69) is 0 Å². The van der Waals surface area contributed by atoms with Crippen molar-refractivity contribution >= 4 is 5.97 Å². The van der Waals surface area contributed by atoms with E-state index in [1.807, 2.05) is 0 Å². The maximum atomic E-state index is 9.97. The number of aliphatic hydroxyl groups excluding tert-OH is 1. The fourth-order valence-corrected chi connectivity index (χ4v) is 0.453. The van der Waals surface area contributed by atoms with Gasteiger partial charge in [0.1, 0.15) is 0 Å². The molecule has 0 amide bonds. The minimum Gasteiger partial charge on any atom is -0.480 e. The summed E-state index contributed by atoms with van der Waals surface area (Å²) in [6.45, 7) is 2.07. The molecule has 0 aliphatic carbocycles. The van der Waals surface area contributed by atoms with E-state index >= 15 is 0 Å². The molecule has 0 atom stereocenters. The largest absolute Gasteiger partial charge is 0.480 e. The van der Waals surface area contributed by atoms with E-state index in [1.165, 1.54) is 4.90 Å². The zero-order chi connectivity index (χ0) is 7.28. The van der Waals surface area contributed by atoms with Gasteiger partial charge in [-0.15, -0.1) is 0 Å². The highest BCUT2D eigenvalue weighted by atomic mass is 16.4. The first kappa shape index (κ1) is 8.39. The Morgan fingerprint density at radius 3 is 2.33 bits per heavy atom. The first-order valence-electron chi connectivity index (χ1n) is 2.75. The average Bonchev–Trinajstić information content (AvgIpc) is 1.82. The first-order chi connectivity index (χ1) is 4.20. The molecule has 2 N–H and O–H groups in total. The van der Waals surface area contributed by atoms with E-state index < -0.39 is 5.97 Å². The van der Waals surface area contributed by atoms with Gasteiger partial charge in [0, 0.05) is 0 Å². The van der Waals surface area contributed by atoms with Crippen molar-refractivity contribution in [1.29, 1.82) is 0 Å². The fraction of sp³-hybridized carbons (Fsp3) is 0.800. The molecule has 9 heavy (non-hydrogen) atoms. The van der Waals surface area contributed by atoms with E-state index in [0.29, 0.717) is 6.54 Å². The van der Waals surface area contributed by atoms with Crippen molar-refractivity contribution in [2.24, 2.45) is 0 Å². The molecular weight excluding hydrogens is 122 g/mol. The Balaban J connectivity index is 3.43. The monoisotopic (exact) mass is 133 g/mol. The van der Waals surface area contributed by atoms with E-state index in [9.17, 15) is 4.79 Å². The number of likely N-dealkylation sites (N-methyl/N-ethyl adjacent to an activating group) is 1. The van der Waals surface area contributed by atoms with Crippen LogP contribution in [0.15, 0.2) is 0 Å². The molecule has 0 rings (SSSR count). The van der Waals surface area contributed by atoms with Crippen molar-refractivity contribution < 1.29 is 15.0 Å². The second kappa shape index (κ2) is 4.29. The Kier molecular flexibility index (Phi) is 4.00. The topological polar surface area (TPSA) is 60.8 Å². The van der Waals surface area contributed by atoms with Crippen molar-refractivity contribution in [2.75, 3.05) is 19.8 Å². The number of carboxylic acids is 1. The fourth-order valence-electron chi connectivity index (χ4n) is 0.453. The summed E-state index contributed by atoms with van der Waals surface area (Å²) in [4.78, 5) is 11.4. The van der Waals surface area contributed by atoms with Gasteiger partial charge in [-0.3, -0.25) is 9.69 Å². The molecule has 0 saturated carbocycles. The van der Waals surface area contributed by atoms with Gasteiger partial charge in [0.05, 0.1) is 13.3 Å². The Bertz CT molecular complexity index is 90.2. The SMILES string of the molecule is CCN(CO)CC(=O)O. The molecule has 0 aliphatic rings. The predicted molar refractivity (Wildman–Crippen MR) is 32.0 cm³/mol. The van der Waals surface area contributed by atoms with Gasteiger partial charge < -0.3 is 10.2 Å². The van der Waals surface area contributed by atoms with Gasteiger partial charge in [-0.05, 0) is 6.54 Å². The summed E-state index contributed by atoms with van der Waals surface area (Å²) in [5.74, 6) is -0.911. The quantitative estimate of drug-likeness (QED) is 0.500. The zero-order valence-corrected chi connectivity index (χ0v) is 5.37. The molecule has 0 radical (unpaired) electrons. The van der Waals surface area contributed by atoms with Gasteiger partial charge in [0.15, 0.2) is 0 Å². The first-order valence-corrected chi connectivity index (χ1v) is 2.75. The van der Waals surface area contributed by atoms with Crippen molar-refractivity contribution in [3.63, 3.8) is 0 Å². The van der Waals surface area contributed by atoms with Crippen LogP contribution in [0.5, 0.6) is 0 Å². The number of hydrogen-bond donors (Lipinski definition) is 2. The smallest absolute Gasteiger partial charge is 0.317 e. The number of carboxylic acid groups (broad SMARTS) is 1. The molecule has 0 aromatic carbocycles. The highest BCUT2D eigenvalue weighted by molar-refractivity contribution is 5.68. The van der Waals surface area contributed by atoms with Gasteiger partial charge in [-0.25, -0.2) is 0 Å². The van der Waals surface area contributed by atoms with Crippen molar-refractivity contribution in [2.45, 2.75) is 6.92 Å². The Labute approximate surface area is 53.7 Å². The summed E-state index contributed by atoms with van der Waals surface area (Å²) in [5.41, 5.74) is 0. The molecule has 54 valence electrons. The average molecular weight is 133 g/mol. The molecule has 0 bridgehead atoms. The van der Waals surface area contributed by atoms with Crippen LogP contribution in [0, 0.1) is 0 Å². The molecular formula is C5H11NO3. The third-order valence-electron chi connectivity index (χ3n) is 1.01. The van der Waals surface area contributed by atoms with Gasteiger partial charge in [-0.2, -0.15) is 0 Å². The minimum atomic E-state index is -0.911. The summed E-state index contributed by atoms with van der Waals surface area (Å²) in [7, 11) is 0. The lowest BCUT2D eigenvalue weighted by atomic mass is 10.5. The van der Waals surface area contributed by atoms with E-state index in [0.717, 1.165) is 0 Å². The Hall–Kier alpha value is -0.610. The van der Waals surface area contributed by atoms with E-state index in [-0.39, 0.29) is 13.3 Å². The van der Waals surface area contributed by atoms with Crippen LogP contribution < -0.4 is 0 Å². The Morgan fingerprint density at radius 1 is 1.67 bits per heavy atom. The van der Waals surface area contributed by atoms with Crippen LogP contribution >= 0.6 is 0 Å². The molecule has 4 heteroatoms. The van der Waals surface area contributed by atoms with Crippen molar-refractivity contribution in [3.05, 3.63) is 0 Å². The molecule has 0 heterocycles. The number of hydrogen-bond acceptors (Lipinski definition) is 3. The maximum Gasteiger partial charge on any atom is 0.317 e. The lowest BCUT2D eigenvalue weighted by Crippen LogP contribution is -2.30. The summed E-state index contributed by atoms with van der Waals surface area (Å²) in [6, 6.07) is 0. The number of carbonyl (C=O) groups is 1. The van der Waals surface area contributed by atoms with Crippen molar-refractivity contribution in [3.8, 4) is 0 Å². The van der Waals surface area contributed by atoms with E-state index in [4.69, 9.17) is 10.2 Å². The number of aliphatic hydroxyl groups is 1. The number of aliphatic carboxylic acids is 1. The third kappa shape index (κ3) is 3.93. The highest BCUT2D eigenvalue weighted by Gasteiger charge is 2.03. The van der Waals surface area contributed by atoms with Crippen molar-refractivity contribution in [1.82, 2.24) is 4.90 Å². The molecule has 0 aliphatic heterocycles. The Morgan fingerprint density at radius 2 is 2.22 bits per heavy atom. The zero-order valence-electron chi connectivity index (χ0n) is 5.37. The molecule has 0 aromatic heterocycles. The number of nitrogens with zero attached hydrogens (tertiary/aromatic N) is 1. The maximum absolute atomic E-state index is 9.97. The van der Waals surface area contributed by atoms with Crippen LogP contribution in [0.2, 0.25) is 0 Å². The standard InChI is InChI=1S/C5H11NO3/c1-2-6(4-7)3-5(8)9/h7H,2-4H2,1H3,(H,8,9). The second-order valence-electron chi connectivity index (χ2n) is 1.68. The molecule has 0 aromatic rings. The van der Waals surface area contributed by atoms with Crippen LogP contribution in [0.3, 0.4) is 0 Å². The van der Waals surface area contributed by atoms with Crippen LogP contribution in [-0.4, -0.2) is 40.9 Å². The van der Waals surface area contributed by atoms with Gasteiger partial charge >= 0.3 is 5.97 Å². The lowest BCUT2D eigenvalue weighted by molar-refractivity contribution is -0.139. The van der Waals surface area contributed by atoms with Crippen LogP contribution in [-0.2, 0) is 4.79 Å². The molecule has 4 nitrogen and oxygen atoms in total. The molecule has 0 unspecified atom stereocenters. The predicted octanol–water partition coefficient (Wildman–Crippen LogP) is -0.657. The third-order valence-corrected chi connectivity index (χ3v) is 1.01. The van der Waals surface area contributed by atoms with Crippen LogP contribution in [0.4, 0.5) is 0 Å². The van der Waals surface area contributed by atoms with Gasteiger partial charge in [-0.1, -0.05) is 6.92 Å². The van der Waals surface area contributed by atoms with Crippen LogP contribution in [0.1, 0.15) is 6.92 Å². The summed E-state index contributed by atoms with van der Waals surface area (Å²) >= 11 is 0. The van der Waals surface area contributed by atoms with Crippen LogP contribution in [0.25, 0.3) is 0 Å². The molecule has 0 spiro atoms. The normalized spacial score (nSPS) is 10.1. The summed E-state index contributed by atoms with van der Waals surface area (Å²) in [6.07, 6.45) is 0. The summed E-state index contributed by atoms with van der Waals surface area (Å²) in [5, 5.41) is 16.6. The van der Waals surface area contributed by atoms with Gasteiger partial charge in [0.25, 0.3) is 0 Å². The lowest BCUT2D eigenvalue weighted by Gasteiger charge is -2.12. The second-order valence-corrected chi connectivity index (χ2v) is 1.68. The van der Waals surface area contributed by atoms with Gasteiger partial charge in [0.2, 0.25) is 0 Å². The van der Waals surface area contributed by atoms with E-state index in [1.54, 1.807) is 6.92 Å².